The SMILES string of the molecule is CC(C)c1ccc(C(=O)C=CNc2ccc(Oc3ccccc3)cc2)cc1. The van der Waals surface area contributed by atoms with Gasteiger partial charge in [-0.05, 0) is 47.9 Å². The molecular weight excluding hydrogens is 334 g/mol. The van der Waals surface area contributed by atoms with Crippen LogP contribution in [-0.2, 0) is 0 Å². The highest BCUT2D eigenvalue weighted by Gasteiger charge is 2.03. The molecule has 0 radical (unpaired) electrons. The number of carbonyl (C=O) groups excluding carboxylic acids is 1. The number of para-hydroxylation sites is 1. The molecule has 3 aromatic rings. The van der Waals surface area contributed by atoms with Gasteiger partial charge in [0.05, 0.1) is 0 Å². The molecular formula is C24H23NO2. The number of benzene rings is 3. The summed E-state index contributed by atoms with van der Waals surface area (Å²) in [6.45, 7) is 4.27. The zero-order chi connectivity index (χ0) is 19.1. The molecule has 3 aromatic carbocycles. The fourth-order valence-corrected chi connectivity index (χ4v) is 2.59. The van der Waals surface area contributed by atoms with E-state index in [2.05, 4.69) is 19.2 Å². The maximum absolute atomic E-state index is 12.2. The van der Waals surface area contributed by atoms with E-state index >= 15 is 0 Å². The summed E-state index contributed by atoms with van der Waals surface area (Å²) in [7, 11) is 0. The van der Waals surface area contributed by atoms with Gasteiger partial charge in [-0.1, -0.05) is 56.3 Å². The first kappa shape index (κ1) is 18.5. The Morgan fingerprint density at radius 1 is 0.852 bits per heavy atom. The van der Waals surface area contributed by atoms with Crippen molar-refractivity contribution in [1.29, 1.82) is 0 Å². The van der Waals surface area contributed by atoms with Crippen LogP contribution in [0.15, 0.2) is 91.1 Å². The van der Waals surface area contributed by atoms with E-state index in [4.69, 9.17) is 4.74 Å². The Hall–Kier alpha value is -3.33. The summed E-state index contributed by atoms with van der Waals surface area (Å²) >= 11 is 0. The number of rotatable bonds is 7. The Morgan fingerprint density at radius 2 is 1.48 bits per heavy atom. The molecule has 0 saturated carbocycles. The van der Waals surface area contributed by atoms with Crippen molar-refractivity contribution in [1.82, 2.24) is 0 Å². The number of hydrogen-bond donors (Lipinski definition) is 1. The van der Waals surface area contributed by atoms with Crippen LogP contribution in [0.2, 0.25) is 0 Å². The number of nitrogens with one attached hydrogen (secondary N) is 1. The molecule has 0 bridgehead atoms. The van der Waals surface area contributed by atoms with Crippen molar-refractivity contribution in [3.05, 3.63) is 102 Å². The maximum atomic E-state index is 12.2. The van der Waals surface area contributed by atoms with Gasteiger partial charge in [-0.3, -0.25) is 4.79 Å². The number of ketones is 1. The summed E-state index contributed by atoms with van der Waals surface area (Å²) in [5.41, 5.74) is 2.80. The van der Waals surface area contributed by atoms with Crippen LogP contribution >= 0.6 is 0 Å². The van der Waals surface area contributed by atoms with Crippen LogP contribution in [0.5, 0.6) is 11.5 Å². The van der Waals surface area contributed by atoms with Crippen molar-refractivity contribution in [2.45, 2.75) is 19.8 Å². The normalized spacial score (nSPS) is 10.9. The zero-order valence-corrected chi connectivity index (χ0v) is 15.6. The van der Waals surface area contributed by atoms with E-state index in [-0.39, 0.29) is 5.78 Å². The first-order valence-electron chi connectivity index (χ1n) is 9.02. The van der Waals surface area contributed by atoms with E-state index in [9.17, 15) is 4.79 Å². The molecule has 0 unspecified atom stereocenters. The third-order valence-electron chi connectivity index (χ3n) is 4.18. The molecule has 3 rings (SSSR count). The largest absolute Gasteiger partial charge is 0.457 e. The highest BCUT2D eigenvalue weighted by molar-refractivity contribution is 6.04. The predicted molar refractivity (Wildman–Crippen MR) is 111 cm³/mol. The standard InChI is InChI=1S/C24H23NO2/c1-18(2)19-8-10-20(11-9-19)24(26)16-17-25-21-12-14-23(15-13-21)27-22-6-4-3-5-7-22/h3-18,25H,1-2H3. The minimum absolute atomic E-state index is 0.0261. The van der Waals surface area contributed by atoms with Crippen molar-refractivity contribution in [3.8, 4) is 11.5 Å². The quantitative estimate of drug-likeness (QED) is 0.392. The molecule has 0 spiro atoms. The molecule has 0 heterocycles. The molecule has 0 fully saturated rings. The Bertz CT molecular complexity index is 895. The average molecular weight is 357 g/mol. The van der Waals surface area contributed by atoms with Crippen LogP contribution in [0.4, 0.5) is 5.69 Å². The molecule has 0 aliphatic carbocycles. The molecule has 3 heteroatoms. The van der Waals surface area contributed by atoms with E-state index in [0.717, 1.165) is 17.2 Å². The number of ether oxygens (including phenoxy) is 1. The van der Waals surface area contributed by atoms with Crippen molar-refractivity contribution in [3.63, 3.8) is 0 Å². The molecule has 0 aromatic heterocycles. The average Bonchev–Trinajstić information content (AvgIpc) is 2.70. The summed E-state index contributed by atoms with van der Waals surface area (Å²) < 4.78 is 5.76. The second-order valence-corrected chi connectivity index (χ2v) is 6.56. The van der Waals surface area contributed by atoms with Gasteiger partial charge in [-0.15, -0.1) is 0 Å². The van der Waals surface area contributed by atoms with E-state index < -0.39 is 0 Å². The van der Waals surface area contributed by atoms with Gasteiger partial charge in [0.15, 0.2) is 5.78 Å². The van der Waals surface area contributed by atoms with Gasteiger partial charge >= 0.3 is 0 Å². The lowest BCUT2D eigenvalue weighted by Gasteiger charge is -2.07. The molecule has 0 atom stereocenters. The summed E-state index contributed by atoms with van der Waals surface area (Å²) in [4.78, 5) is 12.2. The third-order valence-corrected chi connectivity index (χ3v) is 4.18. The molecule has 136 valence electrons. The fraction of sp³-hybridized carbons (Fsp3) is 0.125. The van der Waals surface area contributed by atoms with Crippen LogP contribution in [0.1, 0.15) is 35.7 Å². The van der Waals surface area contributed by atoms with Gasteiger partial charge < -0.3 is 10.1 Å². The maximum Gasteiger partial charge on any atom is 0.187 e. The second-order valence-electron chi connectivity index (χ2n) is 6.56. The van der Waals surface area contributed by atoms with Crippen molar-refractivity contribution in [2.75, 3.05) is 5.32 Å². The van der Waals surface area contributed by atoms with Gasteiger partial charge in [0.1, 0.15) is 11.5 Å². The molecule has 0 saturated heterocycles. The minimum Gasteiger partial charge on any atom is -0.457 e. The van der Waals surface area contributed by atoms with Gasteiger partial charge in [-0.2, -0.15) is 0 Å². The van der Waals surface area contributed by atoms with E-state index in [1.165, 1.54) is 5.56 Å². The minimum atomic E-state index is -0.0261. The second kappa shape index (κ2) is 8.86. The molecule has 27 heavy (non-hydrogen) atoms. The number of carbonyl (C=O) groups is 1. The number of hydrogen-bond acceptors (Lipinski definition) is 3. The van der Waals surface area contributed by atoms with Crippen LogP contribution in [-0.4, -0.2) is 5.78 Å². The smallest absolute Gasteiger partial charge is 0.187 e. The lowest BCUT2D eigenvalue weighted by atomic mass is 10.0. The molecule has 0 aliphatic heterocycles. The number of allylic oxidation sites excluding steroid dienone is 1. The lowest BCUT2D eigenvalue weighted by molar-refractivity contribution is 0.104. The summed E-state index contributed by atoms with van der Waals surface area (Å²) in [5.74, 6) is 1.99. The van der Waals surface area contributed by atoms with Crippen molar-refractivity contribution < 1.29 is 9.53 Å². The van der Waals surface area contributed by atoms with E-state index in [1.54, 1.807) is 12.3 Å². The van der Waals surface area contributed by atoms with Crippen LogP contribution in [0.3, 0.4) is 0 Å². The first-order valence-corrected chi connectivity index (χ1v) is 9.02. The first-order chi connectivity index (χ1) is 13.1. The highest BCUT2D eigenvalue weighted by atomic mass is 16.5. The van der Waals surface area contributed by atoms with E-state index in [0.29, 0.717) is 11.5 Å². The molecule has 1 N–H and O–H groups in total. The third kappa shape index (κ3) is 5.32. The van der Waals surface area contributed by atoms with Crippen molar-refractivity contribution >= 4 is 11.5 Å². The number of anilines is 1. The van der Waals surface area contributed by atoms with Gasteiger partial charge in [0.25, 0.3) is 0 Å². The summed E-state index contributed by atoms with van der Waals surface area (Å²) in [6, 6.07) is 25.0. The van der Waals surface area contributed by atoms with Gasteiger partial charge in [-0.25, -0.2) is 0 Å². The van der Waals surface area contributed by atoms with E-state index in [1.807, 2.05) is 78.9 Å². The van der Waals surface area contributed by atoms with Crippen LogP contribution < -0.4 is 10.1 Å². The zero-order valence-electron chi connectivity index (χ0n) is 15.6. The molecule has 3 nitrogen and oxygen atoms in total. The highest BCUT2D eigenvalue weighted by Crippen LogP contribution is 2.22. The monoisotopic (exact) mass is 357 g/mol. The predicted octanol–water partition coefficient (Wildman–Crippen LogP) is 6.41. The van der Waals surface area contributed by atoms with Gasteiger partial charge in [0, 0.05) is 23.5 Å². The Balaban J connectivity index is 1.55. The van der Waals surface area contributed by atoms with Crippen LogP contribution in [0.25, 0.3) is 0 Å². The Morgan fingerprint density at radius 3 is 2.11 bits per heavy atom. The fourth-order valence-electron chi connectivity index (χ4n) is 2.59. The van der Waals surface area contributed by atoms with Crippen LogP contribution in [0, 0.1) is 0 Å². The summed E-state index contributed by atoms with van der Waals surface area (Å²) in [5, 5.41) is 3.11. The molecule has 0 aliphatic rings. The molecule has 0 amide bonds. The Labute approximate surface area is 160 Å². The topological polar surface area (TPSA) is 38.3 Å². The summed E-state index contributed by atoms with van der Waals surface area (Å²) in [6.07, 6.45) is 3.20. The van der Waals surface area contributed by atoms with Gasteiger partial charge in [0.2, 0.25) is 0 Å². The van der Waals surface area contributed by atoms with Crippen molar-refractivity contribution in [2.24, 2.45) is 0 Å². The lowest BCUT2D eigenvalue weighted by Crippen LogP contribution is -1.97. The Kier molecular flexibility index (Phi) is 6.06.